The van der Waals surface area contributed by atoms with Gasteiger partial charge in [0.25, 0.3) is 0 Å². The van der Waals surface area contributed by atoms with E-state index in [1.807, 2.05) is 18.2 Å². The highest BCUT2D eigenvalue weighted by atomic mass is 19.3. The second-order valence-electron chi connectivity index (χ2n) is 8.92. The van der Waals surface area contributed by atoms with E-state index in [4.69, 9.17) is 0 Å². The predicted octanol–water partition coefficient (Wildman–Crippen LogP) is 7.75. The second kappa shape index (κ2) is 11.7. The van der Waals surface area contributed by atoms with Gasteiger partial charge in [0.2, 0.25) is 0 Å². The summed E-state index contributed by atoms with van der Waals surface area (Å²) >= 11 is 0. The van der Waals surface area contributed by atoms with Gasteiger partial charge in [0, 0.05) is 0 Å². The maximum absolute atomic E-state index is 12.2. The fourth-order valence-corrected chi connectivity index (χ4v) is 5.32. The summed E-state index contributed by atoms with van der Waals surface area (Å²) in [4.78, 5) is 0. The third-order valence-electron chi connectivity index (χ3n) is 7.05. The van der Waals surface area contributed by atoms with Crippen molar-refractivity contribution in [2.75, 3.05) is 6.67 Å². The molecular formula is C25H35F3O. The highest BCUT2D eigenvalue weighted by Crippen LogP contribution is 2.42. The minimum atomic E-state index is -2.76. The monoisotopic (exact) mass is 408 g/mol. The van der Waals surface area contributed by atoms with Crippen LogP contribution >= 0.6 is 0 Å². The van der Waals surface area contributed by atoms with Crippen LogP contribution in [0.1, 0.15) is 69.8 Å². The Hall–Kier alpha value is -1.45. The third-order valence-corrected chi connectivity index (χ3v) is 7.05. The van der Waals surface area contributed by atoms with Gasteiger partial charge in [0.15, 0.2) is 0 Å². The van der Waals surface area contributed by atoms with Crippen molar-refractivity contribution in [3.8, 4) is 5.75 Å². The van der Waals surface area contributed by atoms with Gasteiger partial charge in [-0.05, 0) is 99.2 Å². The van der Waals surface area contributed by atoms with Crippen molar-refractivity contribution in [1.82, 2.24) is 0 Å². The first kappa shape index (κ1) is 22.2. The average Bonchev–Trinajstić information content (AvgIpc) is 2.74. The molecule has 0 amide bonds. The Morgan fingerprint density at radius 1 is 0.897 bits per heavy atom. The molecule has 0 heterocycles. The van der Waals surface area contributed by atoms with Crippen LogP contribution in [-0.4, -0.2) is 13.3 Å². The maximum atomic E-state index is 12.2. The van der Waals surface area contributed by atoms with Crippen molar-refractivity contribution in [2.24, 2.45) is 23.7 Å². The Morgan fingerprint density at radius 3 is 2.10 bits per heavy atom. The molecule has 2 aliphatic carbocycles. The quantitative estimate of drug-likeness (QED) is 0.380. The van der Waals surface area contributed by atoms with E-state index in [0.717, 1.165) is 24.2 Å². The highest BCUT2D eigenvalue weighted by Gasteiger charge is 2.30. The Morgan fingerprint density at radius 2 is 1.52 bits per heavy atom. The zero-order valence-corrected chi connectivity index (χ0v) is 17.4. The van der Waals surface area contributed by atoms with Gasteiger partial charge in [-0.1, -0.05) is 37.1 Å². The van der Waals surface area contributed by atoms with Crippen LogP contribution in [0.3, 0.4) is 0 Å². The molecule has 0 aromatic heterocycles. The van der Waals surface area contributed by atoms with E-state index in [9.17, 15) is 13.2 Å². The molecule has 0 saturated heterocycles. The first-order valence-corrected chi connectivity index (χ1v) is 11.4. The van der Waals surface area contributed by atoms with Crippen LogP contribution < -0.4 is 4.74 Å². The molecule has 0 bridgehead atoms. The number of rotatable bonds is 9. The lowest BCUT2D eigenvalue weighted by Crippen LogP contribution is -2.25. The molecule has 3 rings (SSSR count). The second-order valence-corrected chi connectivity index (χ2v) is 8.92. The number of ether oxygens (including phenoxy) is 1. The number of hydrogen-bond donors (Lipinski definition) is 0. The zero-order valence-electron chi connectivity index (χ0n) is 17.4. The Kier molecular flexibility index (Phi) is 8.94. The fourth-order valence-electron chi connectivity index (χ4n) is 5.32. The third kappa shape index (κ3) is 7.38. The molecule has 0 radical (unpaired) electrons. The van der Waals surface area contributed by atoms with Crippen molar-refractivity contribution in [3.63, 3.8) is 0 Å². The van der Waals surface area contributed by atoms with E-state index in [0.29, 0.717) is 12.3 Å². The van der Waals surface area contributed by atoms with Crippen LogP contribution in [0.15, 0.2) is 36.4 Å². The van der Waals surface area contributed by atoms with Gasteiger partial charge in [-0.25, -0.2) is 0 Å². The van der Waals surface area contributed by atoms with Gasteiger partial charge < -0.3 is 4.74 Å². The van der Waals surface area contributed by atoms with Gasteiger partial charge in [-0.3, -0.25) is 4.39 Å². The van der Waals surface area contributed by atoms with Crippen LogP contribution in [-0.2, 0) is 6.42 Å². The number of aryl methyl sites for hydroxylation is 1. The summed E-state index contributed by atoms with van der Waals surface area (Å²) in [6, 6.07) is 7.09. The average molecular weight is 409 g/mol. The minimum absolute atomic E-state index is 0.233. The lowest BCUT2D eigenvalue weighted by atomic mass is 9.68. The van der Waals surface area contributed by atoms with Crippen molar-refractivity contribution in [3.05, 3.63) is 42.0 Å². The number of halogens is 3. The number of allylic oxidation sites excluding steroid dienone is 2. The normalized spacial score (nSPS) is 28.1. The van der Waals surface area contributed by atoms with E-state index < -0.39 is 6.61 Å². The molecule has 2 fully saturated rings. The van der Waals surface area contributed by atoms with Gasteiger partial charge >= 0.3 is 6.61 Å². The van der Waals surface area contributed by atoms with Gasteiger partial charge in [-0.15, -0.1) is 0 Å². The molecule has 162 valence electrons. The summed E-state index contributed by atoms with van der Waals surface area (Å²) < 4.78 is 41.1. The molecular weight excluding hydrogens is 373 g/mol. The Labute approximate surface area is 173 Å². The lowest BCUT2D eigenvalue weighted by Gasteiger charge is -2.37. The summed E-state index contributed by atoms with van der Waals surface area (Å²) in [5, 5.41) is 0. The smallest absolute Gasteiger partial charge is 0.387 e. The Balaban J connectivity index is 1.33. The van der Waals surface area contributed by atoms with E-state index in [1.54, 1.807) is 12.1 Å². The maximum Gasteiger partial charge on any atom is 0.387 e. The standard InChI is InChI=1S/C25H35F3O/c26-18-2-1-3-19-6-12-22(13-7-19)23-14-8-20(9-15-23)4-5-21-10-16-24(17-11-21)29-25(27)28/h1,3,10-11,16-17,19-20,22-23,25H,2,4-9,12-15,18H2/b3-1+. The molecule has 1 nitrogen and oxygen atoms in total. The van der Waals surface area contributed by atoms with Crippen LogP contribution in [0.5, 0.6) is 5.75 Å². The number of benzene rings is 1. The van der Waals surface area contributed by atoms with Gasteiger partial charge in [-0.2, -0.15) is 8.78 Å². The molecule has 0 aliphatic heterocycles. The summed E-state index contributed by atoms with van der Waals surface area (Å²) in [5.41, 5.74) is 1.20. The van der Waals surface area contributed by atoms with Crippen LogP contribution in [0, 0.1) is 23.7 Å². The topological polar surface area (TPSA) is 9.23 Å². The van der Waals surface area contributed by atoms with E-state index in [1.165, 1.54) is 63.4 Å². The fraction of sp³-hybridized carbons (Fsp3) is 0.680. The number of hydrogen-bond acceptors (Lipinski definition) is 1. The molecule has 0 spiro atoms. The van der Waals surface area contributed by atoms with Crippen LogP contribution in [0.4, 0.5) is 13.2 Å². The van der Waals surface area contributed by atoms with E-state index in [-0.39, 0.29) is 12.4 Å². The first-order chi connectivity index (χ1) is 14.1. The highest BCUT2D eigenvalue weighted by molar-refractivity contribution is 5.27. The molecule has 2 saturated carbocycles. The summed E-state index contributed by atoms with van der Waals surface area (Å²) in [5.74, 6) is 3.49. The molecule has 1 aromatic carbocycles. The van der Waals surface area contributed by atoms with Crippen LogP contribution in [0.25, 0.3) is 0 Å². The Bertz CT molecular complexity index is 597. The van der Waals surface area contributed by atoms with Crippen molar-refractivity contribution in [1.29, 1.82) is 0 Å². The molecule has 0 N–H and O–H groups in total. The SMILES string of the molecule is FCC/C=C/C1CCC(C2CCC(CCc3ccc(OC(F)F)cc3)CC2)CC1. The molecule has 1 aromatic rings. The van der Waals surface area contributed by atoms with Gasteiger partial charge in [0.1, 0.15) is 5.75 Å². The van der Waals surface area contributed by atoms with Crippen LogP contribution in [0.2, 0.25) is 0 Å². The first-order valence-electron chi connectivity index (χ1n) is 11.4. The largest absolute Gasteiger partial charge is 0.435 e. The van der Waals surface area contributed by atoms with E-state index in [2.05, 4.69) is 10.8 Å². The summed E-state index contributed by atoms with van der Waals surface area (Å²) in [6.45, 7) is -3.00. The van der Waals surface area contributed by atoms with Gasteiger partial charge in [0.05, 0.1) is 6.67 Å². The van der Waals surface area contributed by atoms with Crippen molar-refractivity contribution < 1.29 is 17.9 Å². The molecule has 0 unspecified atom stereocenters. The van der Waals surface area contributed by atoms with E-state index >= 15 is 0 Å². The molecule has 29 heavy (non-hydrogen) atoms. The minimum Gasteiger partial charge on any atom is -0.435 e. The molecule has 2 aliphatic rings. The summed E-state index contributed by atoms with van der Waals surface area (Å²) in [6.07, 6.45) is 17.6. The van der Waals surface area contributed by atoms with Crippen molar-refractivity contribution in [2.45, 2.75) is 77.2 Å². The lowest BCUT2D eigenvalue weighted by molar-refractivity contribution is -0.0498. The zero-order chi connectivity index (χ0) is 20.5. The summed E-state index contributed by atoms with van der Waals surface area (Å²) in [7, 11) is 0. The molecule has 0 atom stereocenters. The molecule has 4 heteroatoms. The predicted molar refractivity (Wildman–Crippen MR) is 112 cm³/mol. The van der Waals surface area contributed by atoms with Crippen molar-refractivity contribution >= 4 is 0 Å². The number of alkyl halides is 3.